The van der Waals surface area contributed by atoms with E-state index in [2.05, 4.69) is 36.5 Å². The topological polar surface area (TPSA) is 21.3 Å². The Balaban J connectivity index is 1.60. The minimum Gasteiger partial charge on any atom is -0.378 e. The second-order valence-corrected chi connectivity index (χ2v) is 6.00. The van der Waals surface area contributed by atoms with Gasteiger partial charge in [0, 0.05) is 29.8 Å². The van der Waals surface area contributed by atoms with Crippen LogP contribution in [-0.4, -0.2) is 25.0 Å². The molecule has 2 heterocycles. The highest BCUT2D eigenvalue weighted by Crippen LogP contribution is 2.37. The van der Waals surface area contributed by atoms with E-state index in [1.54, 1.807) is 0 Å². The van der Waals surface area contributed by atoms with Gasteiger partial charge in [0.05, 0.1) is 6.10 Å². The van der Waals surface area contributed by atoms with Gasteiger partial charge in [0.15, 0.2) is 0 Å². The third kappa shape index (κ3) is 2.37. The molecule has 1 saturated heterocycles. The van der Waals surface area contributed by atoms with Gasteiger partial charge in [0.25, 0.3) is 0 Å². The van der Waals surface area contributed by atoms with Gasteiger partial charge in [-0.05, 0) is 30.9 Å². The van der Waals surface area contributed by atoms with E-state index in [9.17, 15) is 0 Å². The van der Waals surface area contributed by atoms with Crippen LogP contribution in [0.25, 0.3) is 0 Å². The fraction of sp³-hybridized carbons (Fsp3) is 0.571. The highest BCUT2D eigenvalue weighted by atomic mass is 32.2. The number of thioether (sulfide) groups is 1. The number of fused-ring (bicyclic) bond motifs is 1. The van der Waals surface area contributed by atoms with Gasteiger partial charge in [-0.2, -0.15) is 0 Å². The predicted octanol–water partition coefficient (Wildman–Crippen LogP) is 2.85. The maximum atomic E-state index is 5.60. The summed E-state index contributed by atoms with van der Waals surface area (Å²) in [6.45, 7) is 4.21. The molecule has 1 aromatic rings. The molecule has 3 rings (SSSR count). The van der Waals surface area contributed by atoms with E-state index in [4.69, 9.17) is 4.74 Å². The molecular weight excluding hydrogens is 230 g/mol. The van der Waals surface area contributed by atoms with Gasteiger partial charge in [-0.15, -0.1) is 11.8 Å². The predicted molar refractivity (Wildman–Crippen MR) is 71.4 cm³/mol. The fourth-order valence-corrected chi connectivity index (χ4v) is 3.86. The zero-order valence-corrected chi connectivity index (χ0v) is 11.0. The number of hydrogen-bond acceptors (Lipinski definition) is 3. The summed E-state index contributed by atoms with van der Waals surface area (Å²) in [5, 5.41) is 3.71. The molecule has 0 bridgehead atoms. The van der Waals surface area contributed by atoms with E-state index in [0.717, 1.165) is 13.2 Å². The first-order valence-corrected chi connectivity index (χ1v) is 7.40. The van der Waals surface area contributed by atoms with Gasteiger partial charge >= 0.3 is 0 Å². The van der Waals surface area contributed by atoms with E-state index < -0.39 is 0 Å². The maximum absolute atomic E-state index is 5.60. The second-order valence-electron chi connectivity index (χ2n) is 4.93. The van der Waals surface area contributed by atoms with Crippen LogP contribution in [0.4, 0.5) is 0 Å². The molecule has 1 N–H and O–H groups in total. The average molecular weight is 249 g/mol. The number of rotatable bonds is 3. The van der Waals surface area contributed by atoms with E-state index in [1.807, 2.05) is 11.8 Å². The molecule has 0 spiro atoms. The van der Waals surface area contributed by atoms with Crippen LogP contribution < -0.4 is 5.32 Å². The molecule has 0 aliphatic carbocycles. The van der Waals surface area contributed by atoms with Crippen molar-refractivity contribution in [1.82, 2.24) is 5.32 Å². The van der Waals surface area contributed by atoms with Crippen LogP contribution in [0.15, 0.2) is 29.2 Å². The molecule has 0 saturated carbocycles. The van der Waals surface area contributed by atoms with Crippen molar-refractivity contribution < 1.29 is 4.74 Å². The van der Waals surface area contributed by atoms with Gasteiger partial charge in [-0.25, -0.2) is 0 Å². The molecular formula is C14H19NOS. The Labute approximate surface area is 107 Å². The summed E-state index contributed by atoms with van der Waals surface area (Å²) in [7, 11) is 0. The Kier molecular flexibility index (Phi) is 3.41. The molecule has 0 amide bonds. The van der Waals surface area contributed by atoms with Crippen molar-refractivity contribution in [3.05, 3.63) is 29.8 Å². The first kappa shape index (κ1) is 11.6. The van der Waals surface area contributed by atoms with Crippen molar-refractivity contribution in [2.75, 3.05) is 18.9 Å². The van der Waals surface area contributed by atoms with Gasteiger partial charge < -0.3 is 10.1 Å². The maximum Gasteiger partial charge on any atom is 0.0588 e. The largest absolute Gasteiger partial charge is 0.378 e. The highest BCUT2D eigenvalue weighted by Gasteiger charge is 2.27. The minimum absolute atomic E-state index is 0.423. The molecule has 3 unspecified atom stereocenters. The van der Waals surface area contributed by atoms with Crippen molar-refractivity contribution in [1.29, 1.82) is 0 Å². The van der Waals surface area contributed by atoms with Gasteiger partial charge in [0.1, 0.15) is 0 Å². The van der Waals surface area contributed by atoms with Crippen LogP contribution in [-0.2, 0) is 4.74 Å². The van der Waals surface area contributed by atoms with Gasteiger partial charge in [-0.3, -0.25) is 0 Å². The molecule has 2 aliphatic heterocycles. The molecule has 92 valence electrons. The molecule has 0 radical (unpaired) electrons. The molecule has 1 fully saturated rings. The summed E-state index contributed by atoms with van der Waals surface area (Å²) in [6.07, 6.45) is 1.63. The fourth-order valence-electron chi connectivity index (χ4n) is 2.67. The summed E-state index contributed by atoms with van der Waals surface area (Å²) in [4.78, 5) is 1.45. The van der Waals surface area contributed by atoms with Crippen LogP contribution in [0.1, 0.15) is 24.9 Å². The van der Waals surface area contributed by atoms with Crippen LogP contribution in [0.2, 0.25) is 0 Å². The van der Waals surface area contributed by atoms with Crippen LogP contribution in [0.5, 0.6) is 0 Å². The average Bonchev–Trinajstić information content (AvgIpc) is 2.93. The van der Waals surface area contributed by atoms with Gasteiger partial charge in [-0.1, -0.05) is 18.2 Å². The molecule has 0 aromatic heterocycles. The zero-order chi connectivity index (χ0) is 11.7. The first-order chi connectivity index (χ1) is 8.34. The molecule has 17 heavy (non-hydrogen) atoms. The van der Waals surface area contributed by atoms with Crippen molar-refractivity contribution in [3.8, 4) is 0 Å². The van der Waals surface area contributed by atoms with E-state index in [-0.39, 0.29) is 0 Å². The lowest BCUT2D eigenvalue weighted by Crippen LogP contribution is -2.30. The summed E-state index contributed by atoms with van der Waals surface area (Å²) < 4.78 is 5.60. The Hall–Kier alpha value is -0.510. The van der Waals surface area contributed by atoms with Crippen molar-refractivity contribution in [2.24, 2.45) is 5.92 Å². The number of hydrogen-bond donors (Lipinski definition) is 1. The van der Waals surface area contributed by atoms with E-state index in [1.165, 1.54) is 22.6 Å². The van der Waals surface area contributed by atoms with Crippen LogP contribution in [0.3, 0.4) is 0 Å². The standard InChI is InChI=1S/C14H19NOS/c1-10-11(6-7-16-10)8-15-13-9-17-14-5-3-2-4-12(13)14/h2-5,10-11,13,15H,6-9H2,1H3. The molecule has 3 heteroatoms. The lowest BCUT2D eigenvalue weighted by atomic mass is 10.0. The first-order valence-electron chi connectivity index (χ1n) is 6.41. The molecule has 2 nitrogen and oxygen atoms in total. The zero-order valence-electron chi connectivity index (χ0n) is 10.2. The Morgan fingerprint density at radius 3 is 3.12 bits per heavy atom. The quantitative estimate of drug-likeness (QED) is 0.890. The minimum atomic E-state index is 0.423. The summed E-state index contributed by atoms with van der Waals surface area (Å²) >= 11 is 1.97. The lowest BCUT2D eigenvalue weighted by molar-refractivity contribution is 0.105. The monoisotopic (exact) mass is 249 g/mol. The Morgan fingerprint density at radius 2 is 2.29 bits per heavy atom. The summed E-state index contributed by atoms with van der Waals surface area (Å²) in [6, 6.07) is 9.27. The van der Waals surface area contributed by atoms with E-state index in [0.29, 0.717) is 18.1 Å². The summed E-state index contributed by atoms with van der Waals surface area (Å²) in [5.41, 5.74) is 1.48. The second kappa shape index (κ2) is 5.01. The normalized spacial score (nSPS) is 31.7. The summed E-state index contributed by atoms with van der Waals surface area (Å²) in [5.74, 6) is 1.86. The lowest BCUT2D eigenvalue weighted by Gasteiger charge is -2.19. The Bertz CT molecular complexity index is 396. The van der Waals surface area contributed by atoms with Crippen LogP contribution >= 0.6 is 11.8 Å². The third-order valence-corrected chi connectivity index (χ3v) is 5.04. The van der Waals surface area contributed by atoms with Crippen LogP contribution in [0, 0.1) is 5.92 Å². The number of ether oxygens (including phenoxy) is 1. The van der Waals surface area contributed by atoms with Crippen molar-refractivity contribution in [2.45, 2.75) is 30.4 Å². The number of nitrogens with one attached hydrogen (secondary N) is 1. The van der Waals surface area contributed by atoms with Gasteiger partial charge in [0.2, 0.25) is 0 Å². The van der Waals surface area contributed by atoms with E-state index >= 15 is 0 Å². The molecule has 2 aliphatic rings. The van der Waals surface area contributed by atoms with Crippen molar-refractivity contribution >= 4 is 11.8 Å². The van der Waals surface area contributed by atoms with Crippen molar-refractivity contribution in [3.63, 3.8) is 0 Å². The molecule has 3 atom stereocenters. The Morgan fingerprint density at radius 1 is 1.41 bits per heavy atom. The third-order valence-electron chi connectivity index (χ3n) is 3.86. The smallest absolute Gasteiger partial charge is 0.0588 e. The molecule has 1 aromatic carbocycles. The highest BCUT2D eigenvalue weighted by molar-refractivity contribution is 7.99. The SMILES string of the molecule is CC1OCCC1CNC1CSc2ccccc21. The number of benzene rings is 1.